The Morgan fingerprint density at radius 3 is 2.00 bits per heavy atom. The molecule has 0 amide bonds. The van der Waals surface area contributed by atoms with E-state index in [0.717, 1.165) is 5.66 Å². The highest BCUT2D eigenvalue weighted by Crippen LogP contribution is 2.50. The van der Waals surface area contributed by atoms with Crippen LogP contribution in [0.15, 0.2) is 60.7 Å². The van der Waals surface area contributed by atoms with Gasteiger partial charge in [0.2, 0.25) is 0 Å². The molecule has 0 nitrogen and oxygen atoms in total. The third-order valence-electron chi connectivity index (χ3n) is 4.05. The summed E-state index contributed by atoms with van der Waals surface area (Å²) in [6.07, 6.45) is 7.00. The van der Waals surface area contributed by atoms with E-state index < -0.39 is 0 Å². The third kappa shape index (κ3) is 3.25. The van der Waals surface area contributed by atoms with Crippen molar-refractivity contribution in [3.8, 4) is 0 Å². The number of benzene rings is 2. The van der Waals surface area contributed by atoms with Gasteiger partial charge in [-0.1, -0.05) is 81.4 Å². The Bertz CT molecular complexity index is 486. The fraction of sp³-hybridized carbons (Fsp3) is 0.333. The van der Waals surface area contributed by atoms with Crippen LogP contribution in [0.25, 0.3) is 0 Å². The van der Waals surface area contributed by atoms with Gasteiger partial charge in [-0.25, -0.2) is 0 Å². The van der Waals surface area contributed by atoms with E-state index in [1.165, 1.54) is 37.4 Å². The molecular formula is C18H21P. The highest BCUT2D eigenvalue weighted by atomic mass is 31.1. The van der Waals surface area contributed by atoms with E-state index in [1.807, 2.05) is 0 Å². The fourth-order valence-corrected chi connectivity index (χ4v) is 6.06. The van der Waals surface area contributed by atoms with Crippen molar-refractivity contribution in [2.75, 3.05) is 0 Å². The quantitative estimate of drug-likeness (QED) is 0.689. The topological polar surface area (TPSA) is 0 Å². The Balaban J connectivity index is 1.84. The lowest BCUT2D eigenvalue weighted by molar-refractivity contribution is 0.886. The van der Waals surface area contributed by atoms with Crippen LogP contribution in [-0.4, -0.2) is 5.66 Å². The predicted octanol–water partition coefficient (Wildman–Crippen LogP) is 4.94. The van der Waals surface area contributed by atoms with Crippen LogP contribution < -0.4 is 5.30 Å². The molecule has 0 aromatic heterocycles. The fourth-order valence-electron chi connectivity index (χ4n) is 3.05. The Morgan fingerprint density at radius 2 is 1.37 bits per heavy atom. The number of hydrogen-bond donors (Lipinski definition) is 0. The average Bonchev–Trinajstić information content (AvgIpc) is 3.01. The molecule has 1 saturated carbocycles. The minimum atomic E-state index is -0.0332. The minimum Gasteiger partial charge on any atom is -0.0677 e. The maximum Gasteiger partial charge on any atom is -0.00303 e. The van der Waals surface area contributed by atoms with Crippen molar-refractivity contribution in [3.05, 3.63) is 66.2 Å². The van der Waals surface area contributed by atoms with Gasteiger partial charge in [0, 0.05) is 0 Å². The van der Waals surface area contributed by atoms with Gasteiger partial charge in [-0.15, -0.1) is 0 Å². The van der Waals surface area contributed by atoms with E-state index in [1.54, 1.807) is 5.30 Å². The Hall–Kier alpha value is -1.13. The van der Waals surface area contributed by atoms with Gasteiger partial charge in [-0.3, -0.25) is 0 Å². The summed E-state index contributed by atoms with van der Waals surface area (Å²) in [5, 5.41) is 1.59. The van der Waals surface area contributed by atoms with Gasteiger partial charge in [0.05, 0.1) is 0 Å². The third-order valence-corrected chi connectivity index (χ3v) is 7.11. The van der Waals surface area contributed by atoms with E-state index in [2.05, 4.69) is 60.7 Å². The van der Waals surface area contributed by atoms with Gasteiger partial charge in [0.1, 0.15) is 0 Å². The second-order valence-electron chi connectivity index (χ2n) is 5.39. The molecule has 19 heavy (non-hydrogen) atoms. The summed E-state index contributed by atoms with van der Waals surface area (Å²) < 4.78 is 0. The molecule has 0 spiro atoms. The monoisotopic (exact) mass is 268 g/mol. The number of rotatable bonds is 4. The SMILES string of the molecule is c1ccc(CP(c2ccccc2)C2CCCC2)cc1. The highest BCUT2D eigenvalue weighted by molar-refractivity contribution is 7.65. The Kier molecular flexibility index (Phi) is 4.30. The molecule has 1 fully saturated rings. The minimum absolute atomic E-state index is 0.0332. The van der Waals surface area contributed by atoms with E-state index in [9.17, 15) is 0 Å². The largest absolute Gasteiger partial charge is 0.0677 e. The van der Waals surface area contributed by atoms with E-state index >= 15 is 0 Å². The van der Waals surface area contributed by atoms with Crippen molar-refractivity contribution in [2.24, 2.45) is 0 Å². The molecule has 0 bridgehead atoms. The van der Waals surface area contributed by atoms with E-state index in [-0.39, 0.29) is 7.92 Å². The van der Waals surface area contributed by atoms with Gasteiger partial charge < -0.3 is 0 Å². The lowest BCUT2D eigenvalue weighted by atomic mass is 10.2. The second kappa shape index (κ2) is 6.35. The molecule has 0 heterocycles. The smallest absolute Gasteiger partial charge is 0.00303 e. The highest BCUT2D eigenvalue weighted by Gasteiger charge is 2.25. The Labute approximate surface area is 117 Å². The van der Waals surface area contributed by atoms with Gasteiger partial charge in [0.25, 0.3) is 0 Å². The summed E-state index contributed by atoms with van der Waals surface area (Å²) in [7, 11) is -0.0332. The van der Waals surface area contributed by atoms with Crippen LogP contribution in [0.5, 0.6) is 0 Å². The Morgan fingerprint density at radius 1 is 0.789 bits per heavy atom. The molecule has 0 radical (unpaired) electrons. The van der Waals surface area contributed by atoms with Crippen LogP contribution in [0, 0.1) is 0 Å². The van der Waals surface area contributed by atoms with Crippen LogP contribution in [0.2, 0.25) is 0 Å². The van der Waals surface area contributed by atoms with Crippen molar-refractivity contribution >= 4 is 13.2 Å². The lowest BCUT2D eigenvalue weighted by Crippen LogP contribution is -2.12. The first-order valence-electron chi connectivity index (χ1n) is 7.29. The molecule has 0 aliphatic heterocycles. The molecule has 0 N–H and O–H groups in total. The van der Waals surface area contributed by atoms with Crippen molar-refractivity contribution in [1.29, 1.82) is 0 Å². The molecule has 2 aromatic carbocycles. The van der Waals surface area contributed by atoms with Crippen molar-refractivity contribution in [3.63, 3.8) is 0 Å². The molecule has 1 heteroatoms. The standard InChI is InChI=1S/C18H21P/c1-3-9-16(10-4-1)15-19(18-13-7-8-14-18)17-11-5-2-6-12-17/h1-6,9-12,18H,7-8,13-15H2. The summed E-state index contributed by atoms with van der Waals surface area (Å²) in [6, 6.07) is 22.2. The molecule has 98 valence electrons. The van der Waals surface area contributed by atoms with Crippen LogP contribution in [0.4, 0.5) is 0 Å². The summed E-state index contributed by atoms with van der Waals surface area (Å²) >= 11 is 0. The van der Waals surface area contributed by atoms with Crippen LogP contribution in [0.3, 0.4) is 0 Å². The molecule has 1 unspecified atom stereocenters. The molecule has 1 aliphatic rings. The van der Waals surface area contributed by atoms with Gasteiger partial charge in [0.15, 0.2) is 0 Å². The summed E-state index contributed by atoms with van der Waals surface area (Å²) in [6.45, 7) is 0. The molecule has 1 aliphatic carbocycles. The first-order valence-corrected chi connectivity index (χ1v) is 8.89. The average molecular weight is 268 g/mol. The second-order valence-corrected chi connectivity index (χ2v) is 7.89. The van der Waals surface area contributed by atoms with E-state index in [4.69, 9.17) is 0 Å². The lowest BCUT2D eigenvalue weighted by Gasteiger charge is -2.25. The summed E-state index contributed by atoms with van der Waals surface area (Å²) in [5.41, 5.74) is 2.45. The zero-order chi connectivity index (χ0) is 12.9. The van der Waals surface area contributed by atoms with Crippen LogP contribution in [0.1, 0.15) is 31.2 Å². The van der Waals surface area contributed by atoms with Crippen molar-refractivity contribution in [2.45, 2.75) is 37.5 Å². The first-order chi connectivity index (χ1) is 9.43. The van der Waals surface area contributed by atoms with Gasteiger partial charge >= 0.3 is 0 Å². The molecule has 2 aromatic rings. The zero-order valence-electron chi connectivity index (χ0n) is 11.3. The maximum absolute atomic E-state index is 2.34. The normalized spacial score (nSPS) is 17.5. The first kappa shape index (κ1) is 12.9. The predicted molar refractivity (Wildman–Crippen MR) is 85.4 cm³/mol. The van der Waals surface area contributed by atoms with Gasteiger partial charge in [-0.2, -0.15) is 0 Å². The summed E-state index contributed by atoms with van der Waals surface area (Å²) in [4.78, 5) is 0. The van der Waals surface area contributed by atoms with Crippen LogP contribution in [-0.2, 0) is 6.16 Å². The zero-order valence-corrected chi connectivity index (χ0v) is 12.2. The molecular weight excluding hydrogens is 247 g/mol. The van der Waals surface area contributed by atoms with E-state index in [0.29, 0.717) is 0 Å². The van der Waals surface area contributed by atoms with Crippen molar-refractivity contribution in [1.82, 2.24) is 0 Å². The maximum atomic E-state index is 2.34. The summed E-state index contributed by atoms with van der Waals surface area (Å²) in [5.74, 6) is 0. The van der Waals surface area contributed by atoms with Crippen molar-refractivity contribution < 1.29 is 0 Å². The van der Waals surface area contributed by atoms with Gasteiger partial charge in [-0.05, 0) is 35.5 Å². The molecule has 0 saturated heterocycles. The molecule has 3 rings (SSSR count). The number of hydrogen-bond acceptors (Lipinski definition) is 0. The van der Waals surface area contributed by atoms with Crippen LogP contribution >= 0.6 is 7.92 Å². The molecule has 1 atom stereocenters.